The second kappa shape index (κ2) is 18.7. The van der Waals surface area contributed by atoms with E-state index < -0.39 is 132 Å². The largest absolute Gasteiger partial charge is 0.308 e. The summed E-state index contributed by atoms with van der Waals surface area (Å²) in [5.74, 6) is 0. The highest BCUT2D eigenvalue weighted by Crippen LogP contribution is 2.54. The van der Waals surface area contributed by atoms with Crippen LogP contribution in [0.5, 0.6) is 0 Å². The van der Waals surface area contributed by atoms with Crippen LogP contribution in [0.15, 0.2) is 254 Å². The summed E-state index contributed by atoms with van der Waals surface area (Å²) >= 11 is 3.33. The van der Waals surface area contributed by atoms with Crippen LogP contribution >= 0.6 is 22.7 Å². The number of nitrogens with zero attached hydrogens (tertiary/aromatic N) is 2. The molecule has 0 bridgehead atoms. The van der Waals surface area contributed by atoms with Gasteiger partial charge in [0.25, 0.3) is 0 Å². The Balaban J connectivity index is 0.942. The van der Waals surface area contributed by atoms with Gasteiger partial charge in [0.1, 0.15) is 0 Å². The van der Waals surface area contributed by atoms with Gasteiger partial charge in [-0.25, -0.2) is 0 Å². The molecule has 0 radical (unpaired) electrons. The van der Waals surface area contributed by atoms with Crippen molar-refractivity contribution >= 4 is 139 Å². The zero-order valence-corrected chi connectivity index (χ0v) is 51.0. The van der Waals surface area contributed by atoms with E-state index in [-0.39, 0.29) is 44.5 Å². The van der Waals surface area contributed by atoms with Crippen LogP contribution in [0.1, 0.15) is 80.1 Å². The predicted octanol–water partition coefficient (Wildman–Crippen LogP) is 25.3. The summed E-state index contributed by atoms with van der Waals surface area (Å²) in [6.07, 6.45) is 0. The molecule has 90 heavy (non-hydrogen) atoms. The minimum Gasteiger partial charge on any atom is -0.308 e. The predicted molar refractivity (Wildman–Crippen MR) is 392 cm³/mol. The molecule has 4 heteroatoms. The number of benzene rings is 13. The van der Waals surface area contributed by atoms with Crippen LogP contribution in [0.3, 0.4) is 0 Å². The third kappa shape index (κ3) is 7.38. The van der Waals surface area contributed by atoms with Crippen LogP contribution in [0, 0.1) is 0 Å². The lowest BCUT2D eigenvalue weighted by atomic mass is 9.79. The number of thiophene rings is 2. The topological polar surface area (TPSA) is 8.82 Å². The summed E-state index contributed by atoms with van der Waals surface area (Å²) < 4.78 is 192. The van der Waals surface area contributed by atoms with Crippen LogP contribution in [0.4, 0.5) is 0 Å². The molecule has 0 amide bonds. The molecule has 0 unspecified atom stereocenters. The van der Waals surface area contributed by atoms with Crippen LogP contribution in [0.25, 0.3) is 183 Å². The smallest absolute Gasteiger partial charge is 0.0629 e. The van der Waals surface area contributed by atoms with E-state index in [0.717, 1.165) is 117 Å². The zero-order valence-electron chi connectivity index (χ0n) is 69.4. The second-order valence-electron chi connectivity index (χ2n) is 25.7. The number of rotatable bonds is 6. The van der Waals surface area contributed by atoms with Gasteiger partial charge in [0.2, 0.25) is 0 Å². The molecule has 13 aromatic carbocycles. The van der Waals surface area contributed by atoms with E-state index in [2.05, 4.69) is 57.3 Å². The molecular formula is C86H60N2S2. The highest BCUT2D eigenvalue weighted by molar-refractivity contribution is 7.26. The Morgan fingerprint density at radius 3 is 0.978 bits per heavy atom. The first-order chi connectivity index (χ1) is 52.2. The normalized spacial score (nSPS) is 15.9. The van der Waals surface area contributed by atoms with Crippen molar-refractivity contribution in [3.05, 3.63) is 265 Å². The minimum absolute atomic E-state index is 0.110. The van der Waals surface area contributed by atoms with Gasteiger partial charge in [-0.15, -0.1) is 22.7 Å². The molecule has 0 N–H and O–H groups in total. The van der Waals surface area contributed by atoms with Crippen molar-refractivity contribution in [1.29, 1.82) is 0 Å². The fourth-order valence-electron chi connectivity index (χ4n) is 14.5. The van der Waals surface area contributed by atoms with Gasteiger partial charge >= 0.3 is 0 Å². The van der Waals surface area contributed by atoms with Crippen molar-refractivity contribution in [1.82, 2.24) is 8.80 Å². The van der Waals surface area contributed by atoms with Gasteiger partial charge in [0.05, 0.1) is 60.5 Å². The summed E-state index contributed by atoms with van der Waals surface area (Å²) in [6.45, 7) is 11.7. The molecule has 0 saturated carbocycles. The quantitative estimate of drug-likeness (QED) is 0.157. The average Bonchev–Trinajstić information content (AvgIpc) is 1.49. The van der Waals surface area contributed by atoms with Gasteiger partial charge in [-0.05, 0) is 174 Å². The van der Waals surface area contributed by atoms with Crippen molar-refractivity contribution in [3.63, 3.8) is 0 Å². The molecule has 0 fully saturated rings. The van der Waals surface area contributed by atoms with Crippen molar-refractivity contribution < 1.29 is 27.4 Å². The SMILES string of the molecule is [2H]c1c([2H])c([2H])c(-c2cc(C(C)(C)C)cc(-c3c([2H])c([2H])c([2H])c([2H])c3[2H])c2-c2ccc3c(c2)c2c4c(cc5c6cc7c(cc6n3c52)c2cc3sc5ccccc5c3c3c5cc(-c6c(-c8c([2H])c([2H])c([2H])c([2H])c8[2H])cc(C(C)(C)C)cc6-c6c([2H])c([2H])c([2H])c([2H])c6[2H])ccc5n7c23)sc2ccccc24)c([2H])c1[2H]. The maximum absolute atomic E-state index is 9.53. The van der Waals surface area contributed by atoms with E-state index in [4.69, 9.17) is 16.4 Å². The van der Waals surface area contributed by atoms with Gasteiger partial charge in [0, 0.05) is 83.4 Å². The Labute approximate surface area is 557 Å². The van der Waals surface area contributed by atoms with Crippen molar-refractivity contribution in [2.75, 3.05) is 0 Å². The number of hydrogen-bond acceptors (Lipinski definition) is 2. The summed E-state index contributed by atoms with van der Waals surface area (Å²) in [4.78, 5) is 0. The van der Waals surface area contributed by atoms with E-state index in [9.17, 15) is 11.0 Å². The van der Waals surface area contributed by atoms with Crippen LogP contribution < -0.4 is 0 Å². The number of fused-ring (bicyclic) bond motifs is 20. The van der Waals surface area contributed by atoms with Crippen molar-refractivity contribution in [2.24, 2.45) is 0 Å². The lowest BCUT2D eigenvalue weighted by Crippen LogP contribution is -2.12. The maximum Gasteiger partial charge on any atom is 0.0629 e. The monoisotopic (exact) mass is 1200 g/mol. The fraction of sp³-hybridized carbons (Fsp3) is 0.0930. The Morgan fingerprint density at radius 2 is 0.633 bits per heavy atom. The molecule has 2 nitrogen and oxygen atoms in total. The molecule has 19 aromatic rings. The molecule has 6 heterocycles. The fourth-order valence-corrected chi connectivity index (χ4v) is 16.9. The first-order valence-electron chi connectivity index (χ1n) is 39.9. The highest BCUT2D eigenvalue weighted by atomic mass is 32.1. The molecule has 0 atom stereocenters. The highest BCUT2D eigenvalue weighted by Gasteiger charge is 2.30. The van der Waals surface area contributed by atoms with E-state index in [0.29, 0.717) is 33.4 Å². The Morgan fingerprint density at radius 1 is 0.289 bits per heavy atom. The van der Waals surface area contributed by atoms with E-state index >= 15 is 0 Å². The molecule has 426 valence electrons. The van der Waals surface area contributed by atoms with Gasteiger partial charge in [-0.3, -0.25) is 0 Å². The lowest BCUT2D eigenvalue weighted by molar-refractivity contribution is 0.590. The lowest BCUT2D eigenvalue weighted by Gasteiger charge is -2.25. The molecule has 0 spiro atoms. The molecule has 0 aliphatic carbocycles. The Bertz CT molecular complexity index is 6750. The second-order valence-corrected chi connectivity index (χ2v) is 27.8. The van der Waals surface area contributed by atoms with Crippen LogP contribution in [0.2, 0.25) is 0 Å². The Kier molecular flexibility index (Phi) is 7.45. The maximum atomic E-state index is 9.53. The van der Waals surface area contributed by atoms with Crippen LogP contribution in [-0.2, 0) is 10.8 Å². The summed E-state index contributed by atoms with van der Waals surface area (Å²) in [5, 5.41) is 11.2. The summed E-state index contributed by atoms with van der Waals surface area (Å²) in [7, 11) is 0. The summed E-state index contributed by atoms with van der Waals surface area (Å²) in [6, 6.07) is 34.2. The van der Waals surface area contributed by atoms with Crippen molar-refractivity contribution in [3.8, 4) is 66.8 Å². The standard InChI is InChI=1S/C86H60N2S2/c1-85(2,3)55-41-59(49-23-11-7-12-24-49)77(60(42-55)50-25-13-8-14-26-50)53-35-37-69-67(39-53)81-79-57-31-19-21-33-73(57)89-75(79)47-65-63-46-72-64(45-71(63)87(69)83(65)81)66-48-76-80(58-32-20-22-34-74(58)90-76)82-68-40-54(36-38-70(68)88(72)84(66)82)78-61(51-27-15-9-16-28-51)43-56(86(4,5)6)44-62(78)52-29-17-10-18-30-52/h7-48H,1-6H3/i7D,8D,9D,10D,11D,12D,13D,14D,15D,16D,17D,18D,23D,24D,25D,26D,27D,28D,29D,30D. The van der Waals surface area contributed by atoms with Crippen LogP contribution in [-0.4, -0.2) is 8.80 Å². The first-order valence-corrected chi connectivity index (χ1v) is 31.5. The third-order valence-corrected chi connectivity index (χ3v) is 20.8. The molecule has 0 aliphatic rings. The average molecular weight is 1210 g/mol. The number of hydrogen-bond donors (Lipinski definition) is 0. The third-order valence-electron chi connectivity index (χ3n) is 18.6. The van der Waals surface area contributed by atoms with E-state index in [1.54, 1.807) is 22.7 Å². The van der Waals surface area contributed by atoms with Gasteiger partial charge in [-0.2, -0.15) is 0 Å². The molecule has 6 aromatic heterocycles. The molecule has 0 aliphatic heterocycles. The molecule has 0 saturated heterocycles. The van der Waals surface area contributed by atoms with Crippen molar-refractivity contribution in [2.45, 2.75) is 52.4 Å². The summed E-state index contributed by atoms with van der Waals surface area (Å²) in [5.41, 5.74) is 7.20. The molecular weight excluding hydrogens is 1130 g/mol. The first kappa shape index (κ1) is 35.8. The molecule has 19 rings (SSSR count). The van der Waals surface area contributed by atoms with E-state index in [1.165, 1.54) is 0 Å². The number of aromatic nitrogens is 2. The van der Waals surface area contributed by atoms with Gasteiger partial charge < -0.3 is 8.80 Å². The van der Waals surface area contributed by atoms with Gasteiger partial charge in [-0.1, -0.05) is 211 Å². The Hall–Kier alpha value is -10.1. The van der Waals surface area contributed by atoms with E-state index in [1.807, 2.05) is 126 Å². The van der Waals surface area contributed by atoms with Gasteiger partial charge in [0.15, 0.2) is 0 Å². The zero-order chi connectivity index (χ0) is 77.5. The minimum atomic E-state index is -0.679.